The van der Waals surface area contributed by atoms with Crippen molar-refractivity contribution in [3.8, 4) is 5.75 Å². The van der Waals surface area contributed by atoms with Gasteiger partial charge in [0.1, 0.15) is 11.5 Å². The van der Waals surface area contributed by atoms with Gasteiger partial charge in [0, 0.05) is 11.6 Å². The summed E-state index contributed by atoms with van der Waals surface area (Å²) in [4.78, 5) is 14.6. The first-order valence-electron chi connectivity index (χ1n) is 7.77. The van der Waals surface area contributed by atoms with E-state index in [4.69, 9.17) is 9.15 Å². The minimum absolute atomic E-state index is 0.0232. The highest BCUT2D eigenvalue weighted by Crippen LogP contribution is 2.25. The molecule has 2 aromatic rings. The molecule has 1 saturated heterocycles. The van der Waals surface area contributed by atoms with E-state index in [0.717, 1.165) is 0 Å². The summed E-state index contributed by atoms with van der Waals surface area (Å²) in [5.41, 5.74) is 0.453. The van der Waals surface area contributed by atoms with E-state index in [0.29, 0.717) is 28.2 Å². The van der Waals surface area contributed by atoms with Crippen LogP contribution in [-0.2, 0) is 16.4 Å². The fraction of sp³-hybridized carbons (Fsp3) is 0.353. The number of methoxy groups -OCH3 is 1. The number of hydrogen-bond donors (Lipinski definition) is 0. The maximum absolute atomic E-state index is 13.0. The summed E-state index contributed by atoms with van der Waals surface area (Å²) in [6.45, 7) is 0.210. The molecule has 1 aliphatic rings. The van der Waals surface area contributed by atoms with E-state index in [1.54, 1.807) is 41.3 Å². The third-order valence-corrected chi connectivity index (χ3v) is 6.36. The first-order valence-corrected chi connectivity index (χ1v) is 10.4. The number of furan rings is 1. The molecule has 1 amide bonds. The second-order valence-electron chi connectivity index (χ2n) is 5.93. The fourth-order valence-electron chi connectivity index (χ4n) is 2.91. The second-order valence-corrected chi connectivity index (χ2v) is 8.94. The Hall–Kier alpha value is -1.80. The number of hydrogen-bond acceptors (Lipinski definition) is 5. The van der Waals surface area contributed by atoms with Gasteiger partial charge in [-0.15, -0.1) is 0 Å². The minimum atomic E-state index is -3.11. The molecule has 1 aromatic carbocycles. The van der Waals surface area contributed by atoms with Crippen molar-refractivity contribution in [3.05, 3.63) is 52.4 Å². The molecule has 1 atom stereocenters. The molecule has 2 heterocycles. The summed E-state index contributed by atoms with van der Waals surface area (Å²) in [6.07, 6.45) is 0.430. The number of ether oxygens (including phenoxy) is 1. The van der Waals surface area contributed by atoms with Crippen molar-refractivity contribution in [2.75, 3.05) is 18.6 Å². The van der Waals surface area contributed by atoms with E-state index in [2.05, 4.69) is 15.9 Å². The van der Waals surface area contributed by atoms with E-state index >= 15 is 0 Å². The molecular formula is C17H18BrNO5S. The summed E-state index contributed by atoms with van der Waals surface area (Å²) in [5.74, 6) is 0.998. The van der Waals surface area contributed by atoms with E-state index in [1.807, 2.05) is 0 Å². The number of nitrogens with zero attached hydrogens (tertiary/aromatic N) is 1. The Labute approximate surface area is 154 Å². The van der Waals surface area contributed by atoms with Crippen LogP contribution in [0.5, 0.6) is 5.75 Å². The molecule has 0 radical (unpaired) electrons. The molecule has 6 nitrogen and oxygen atoms in total. The first kappa shape index (κ1) is 18.0. The van der Waals surface area contributed by atoms with Gasteiger partial charge in [-0.05, 0) is 52.7 Å². The number of carbonyl (C=O) groups excluding carboxylic acids is 1. The lowest BCUT2D eigenvalue weighted by Crippen LogP contribution is -2.40. The van der Waals surface area contributed by atoms with Gasteiger partial charge < -0.3 is 14.1 Å². The minimum Gasteiger partial charge on any atom is -0.497 e. The zero-order valence-corrected chi connectivity index (χ0v) is 16.0. The predicted molar refractivity (Wildman–Crippen MR) is 96.3 cm³/mol. The highest BCUT2D eigenvalue weighted by molar-refractivity contribution is 9.10. The largest absolute Gasteiger partial charge is 0.497 e. The summed E-state index contributed by atoms with van der Waals surface area (Å²) in [7, 11) is -1.58. The van der Waals surface area contributed by atoms with Crippen molar-refractivity contribution in [2.45, 2.75) is 19.0 Å². The smallest absolute Gasteiger partial charge is 0.254 e. The maximum Gasteiger partial charge on any atom is 0.254 e. The van der Waals surface area contributed by atoms with Crippen LogP contribution in [0.15, 0.2) is 45.5 Å². The molecule has 0 saturated carbocycles. The molecule has 1 aliphatic heterocycles. The van der Waals surface area contributed by atoms with Crippen molar-refractivity contribution in [1.29, 1.82) is 0 Å². The van der Waals surface area contributed by atoms with Gasteiger partial charge >= 0.3 is 0 Å². The number of rotatable bonds is 5. The Kier molecular flexibility index (Phi) is 5.19. The molecule has 0 bridgehead atoms. The van der Waals surface area contributed by atoms with Crippen LogP contribution in [0, 0.1) is 0 Å². The molecular weight excluding hydrogens is 410 g/mol. The Morgan fingerprint density at radius 2 is 2.16 bits per heavy atom. The lowest BCUT2D eigenvalue weighted by molar-refractivity contribution is 0.0665. The van der Waals surface area contributed by atoms with Crippen molar-refractivity contribution in [1.82, 2.24) is 4.90 Å². The number of sulfone groups is 1. The maximum atomic E-state index is 13.0. The van der Waals surface area contributed by atoms with Crippen LogP contribution < -0.4 is 4.74 Å². The molecule has 1 unspecified atom stereocenters. The van der Waals surface area contributed by atoms with Crippen LogP contribution in [0.3, 0.4) is 0 Å². The molecule has 3 rings (SSSR count). The van der Waals surface area contributed by atoms with E-state index < -0.39 is 9.84 Å². The van der Waals surface area contributed by atoms with Crippen molar-refractivity contribution < 1.29 is 22.4 Å². The molecule has 25 heavy (non-hydrogen) atoms. The monoisotopic (exact) mass is 427 g/mol. The fourth-order valence-corrected chi connectivity index (χ4v) is 4.99. The third-order valence-electron chi connectivity index (χ3n) is 4.18. The molecule has 0 aliphatic carbocycles. The van der Waals surface area contributed by atoms with E-state index in [-0.39, 0.29) is 30.0 Å². The lowest BCUT2D eigenvalue weighted by Gasteiger charge is -2.27. The van der Waals surface area contributed by atoms with Crippen LogP contribution in [0.1, 0.15) is 22.5 Å². The topological polar surface area (TPSA) is 76.8 Å². The summed E-state index contributed by atoms with van der Waals surface area (Å²) < 4.78 is 35.0. The average Bonchev–Trinajstić information content (AvgIpc) is 3.17. The number of amides is 1. The van der Waals surface area contributed by atoms with Gasteiger partial charge in [0.05, 0.1) is 25.2 Å². The Balaban J connectivity index is 1.90. The first-order chi connectivity index (χ1) is 11.9. The molecule has 0 N–H and O–H groups in total. The Bertz CT molecular complexity index is 877. The summed E-state index contributed by atoms with van der Waals surface area (Å²) in [6, 6.07) is 9.97. The van der Waals surface area contributed by atoms with Crippen molar-refractivity contribution >= 4 is 31.7 Å². The molecule has 1 aromatic heterocycles. The molecule has 8 heteroatoms. The zero-order chi connectivity index (χ0) is 18.0. The molecule has 134 valence electrons. The van der Waals surface area contributed by atoms with E-state index in [9.17, 15) is 13.2 Å². The van der Waals surface area contributed by atoms with Gasteiger partial charge in [0.15, 0.2) is 14.5 Å². The predicted octanol–water partition coefficient (Wildman–Crippen LogP) is 2.88. The highest BCUT2D eigenvalue weighted by atomic mass is 79.9. The van der Waals surface area contributed by atoms with Gasteiger partial charge in [-0.1, -0.05) is 6.07 Å². The van der Waals surface area contributed by atoms with Gasteiger partial charge in [0.25, 0.3) is 5.91 Å². The quantitative estimate of drug-likeness (QED) is 0.732. The van der Waals surface area contributed by atoms with Crippen LogP contribution in [0.25, 0.3) is 0 Å². The van der Waals surface area contributed by atoms with Crippen LogP contribution in [0.4, 0.5) is 0 Å². The van der Waals surface area contributed by atoms with Crippen LogP contribution >= 0.6 is 15.9 Å². The van der Waals surface area contributed by atoms with Gasteiger partial charge in [-0.2, -0.15) is 0 Å². The van der Waals surface area contributed by atoms with Gasteiger partial charge in [-0.3, -0.25) is 4.79 Å². The number of carbonyl (C=O) groups is 1. The molecule has 0 spiro atoms. The van der Waals surface area contributed by atoms with Crippen LogP contribution in [-0.4, -0.2) is 43.9 Å². The Morgan fingerprint density at radius 3 is 2.76 bits per heavy atom. The summed E-state index contributed by atoms with van der Waals surface area (Å²) in [5, 5.41) is 0. The highest BCUT2D eigenvalue weighted by Gasteiger charge is 2.35. The molecule has 1 fully saturated rings. The van der Waals surface area contributed by atoms with Gasteiger partial charge in [0.2, 0.25) is 0 Å². The van der Waals surface area contributed by atoms with Crippen molar-refractivity contribution in [3.63, 3.8) is 0 Å². The SMILES string of the molecule is COc1cccc(C(=O)N(Cc2ccc(Br)o2)C2CCS(=O)(=O)C2)c1. The van der Waals surface area contributed by atoms with Crippen molar-refractivity contribution in [2.24, 2.45) is 0 Å². The average molecular weight is 428 g/mol. The standard InChI is InChI=1S/C17H18BrNO5S/c1-23-14-4-2-3-12(9-14)17(20)19(10-15-5-6-16(18)24-15)13-7-8-25(21,22)11-13/h2-6,9,13H,7-8,10-11H2,1H3. The Morgan fingerprint density at radius 1 is 1.36 bits per heavy atom. The number of benzene rings is 1. The van der Waals surface area contributed by atoms with E-state index in [1.165, 1.54) is 7.11 Å². The van der Waals surface area contributed by atoms with Gasteiger partial charge in [-0.25, -0.2) is 8.42 Å². The second kappa shape index (κ2) is 7.21. The zero-order valence-electron chi connectivity index (χ0n) is 13.6. The number of halogens is 1. The lowest BCUT2D eigenvalue weighted by atomic mass is 10.1. The summed E-state index contributed by atoms with van der Waals surface area (Å²) >= 11 is 3.24. The van der Waals surface area contributed by atoms with Crippen LogP contribution in [0.2, 0.25) is 0 Å². The third kappa shape index (κ3) is 4.24. The normalized spacial score (nSPS) is 18.9.